The highest BCUT2D eigenvalue weighted by atomic mass is 19.1. The summed E-state index contributed by atoms with van der Waals surface area (Å²) in [5, 5.41) is 13.7. The van der Waals surface area contributed by atoms with Crippen molar-refractivity contribution < 1.29 is 33.4 Å². The third-order valence-electron chi connectivity index (χ3n) is 10.4. The highest BCUT2D eigenvalue weighted by Gasteiger charge is 2.55. The van der Waals surface area contributed by atoms with Crippen molar-refractivity contribution in [2.75, 3.05) is 47.9 Å². The van der Waals surface area contributed by atoms with E-state index in [-0.39, 0.29) is 31.2 Å². The predicted molar refractivity (Wildman–Crippen MR) is 188 cm³/mol. The topological polar surface area (TPSA) is 154 Å². The number of hydrogen-bond donors (Lipinski definition) is 2. The third-order valence-corrected chi connectivity index (χ3v) is 10.4. The molecule has 2 aromatic rings. The number of aromatic hydroxyl groups is 1. The van der Waals surface area contributed by atoms with Gasteiger partial charge in [0.15, 0.2) is 5.69 Å². The van der Waals surface area contributed by atoms with Crippen molar-refractivity contribution in [3.63, 3.8) is 0 Å². The second-order valence-electron chi connectivity index (χ2n) is 14.3. The minimum absolute atomic E-state index is 0.0208. The van der Waals surface area contributed by atoms with Gasteiger partial charge in [0.2, 0.25) is 11.7 Å². The average molecular weight is 713 g/mol. The molecule has 1 aromatic heterocycles. The van der Waals surface area contributed by atoms with Crippen LogP contribution < -0.4 is 10.9 Å². The maximum Gasteiger partial charge on any atom is 0.312 e. The first-order chi connectivity index (χ1) is 24.2. The maximum absolute atomic E-state index is 13.9. The molecule has 0 saturated heterocycles. The summed E-state index contributed by atoms with van der Waals surface area (Å²) in [6, 6.07) is 5.49. The number of halogens is 1. The van der Waals surface area contributed by atoms with Gasteiger partial charge < -0.3 is 29.9 Å². The Morgan fingerprint density at radius 2 is 1.59 bits per heavy atom. The molecule has 2 N–H and O–H groups in total. The fourth-order valence-corrected chi connectivity index (χ4v) is 7.23. The lowest BCUT2D eigenvalue weighted by molar-refractivity contribution is -0.155. The van der Waals surface area contributed by atoms with E-state index in [1.165, 1.54) is 85.5 Å². The first-order valence-electron chi connectivity index (χ1n) is 17.9. The lowest BCUT2D eigenvalue weighted by Gasteiger charge is -2.47. The number of nitrogens with one attached hydrogen (secondary N) is 1. The minimum atomic E-state index is -1.26. The molecule has 0 spiro atoms. The summed E-state index contributed by atoms with van der Waals surface area (Å²) in [4.78, 5) is 75.6. The third kappa shape index (κ3) is 9.13. The summed E-state index contributed by atoms with van der Waals surface area (Å²) >= 11 is 0. The van der Waals surface area contributed by atoms with Gasteiger partial charge in [0.25, 0.3) is 11.5 Å². The van der Waals surface area contributed by atoms with Crippen LogP contribution in [0.3, 0.4) is 0 Å². The molecule has 13 nitrogen and oxygen atoms in total. The average Bonchev–Trinajstić information content (AvgIpc) is 3.34. The Morgan fingerprint density at radius 1 is 0.941 bits per heavy atom. The molecule has 51 heavy (non-hydrogen) atoms. The maximum atomic E-state index is 13.9. The molecule has 2 bridgehead atoms. The second-order valence-corrected chi connectivity index (χ2v) is 14.3. The molecule has 3 heterocycles. The molecule has 14 heteroatoms. The van der Waals surface area contributed by atoms with Crippen molar-refractivity contribution in [2.45, 2.75) is 96.2 Å². The molecule has 0 radical (unpaired) electrons. The molecule has 0 unspecified atom stereocenters. The van der Waals surface area contributed by atoms with E-state index >= 15 is 0 Å². The number of benzene rings is 1. The smallest absolute Gasteiger partial charge is 0.312 e. The molecule has 2 aliphatic heterocycles. The van der Waals surface area contributed by atoms with E-state index in [2.05, 4.69) is 17.2 Å². The van der Waals surface area contributed by atoms with E-state index in [0.29, 0.717) is 51.0 Å². The van der Waals surface area contributed by atoms with Crippen LogP contribution in [-0.2, 0) is 37.7 Å². The monoisotopic (exact) mass is 712 g/mol. The second kappa shape index (κ2) is 17.3. The molecule has 280 valence electrons. The molecule has 5 rings (SSSR count). The summed E-state index contributed by atoms with van der Waals surface area (Å²) in [7, 11) is 6.14. The zero-order valence-electron chi connectivity index (χ0n) is 30.6. The number of likely N-dealkylation sites (N-methyl/N-ethyl adjacent to an activating group) is 2. The SMILES string of the molecule is CCCCCCCCOCCC(=O)N(C)CC12CCC(N(C)C(=O)C(=O)N(C)C)(CC1)c1nc(C(=O)NCc3ccc(F)cc3)c(O)c(=O)n1C2. The van der Waals surface area contributed by atoms with Crippen LogP contribution in [0.4, 0.5) is 4.39 Å². The van der Waals surface area contributed by atoms with Gasteiger partial charge in [-0.15, -0.1) is 0 Å². The predicted octanol–water partition coefficient (Wildman–Crippen LogP) is 3.56. The molecular weight excluding hydrogens is 659 g/mol. The van der Waals surface area contributed by atoms with Gasteiger partial charge in [0.05, 0.1) is 13.0 Å². The number of hydrogen-bond acceptors (Lipinski definition) is 8. The fourth-order valence-electron chi connectivity index (χ4n) is 7.23. The summed E-state index contributed by atoms with van der Waals surface area (Å²) in [5.41, 5.74) is -2.66. The van der Waals surface area contributed by atoms with Gasteiger partial charge in [-0.1, -0.05) is 51.2 Å². The van der Waals surface area contributed by atoms with Crippen molar-refractivity contribution in [1.29, 1.82) is 0 Å². The summed E-state index contributed by atoms with van der Waals surface area (Å²) in [5.74, 6) is -3.69. The quantitative estimate of drug-likeness (QED) is 0.198. The van der Waals surface area contributed by atoms with Crippen molar-refractivity contribution in [3.05, 3.63) is 57.5 Å². The van der Waals surface area contributed by atoms with Crippen LogP contribution in [0.15, 0.2) is 29.1 Å². The van der Waals surface area contributed by atoms with Gasteiger partial charge in [0, 0.05) is 59.8 Å². The van der Waals surface area contributed by atoms with E-state index in [9.17, 15) is 33.5 Å². The molecule has 1 saturated carbocycles. The molecule has 3 aliphatic rings. The molecule has 1 fully saturated rings. The lowest BCUT2D eigenvalue weighted by Crippen LogP contribution is -2.55. The van der Waals surface area contributed by atoms with Gasteiger partial charge >= 0.3 is 11.8 Å². The number of rotatable bonds is 16. The molecule has 4 amide bonds. The number of carbonyl (C=O) groups excluding carboxylic acids is 4. The largest absolute Gasteiger partial charge is 0.501 e. The number of fused-ring (bicyclic) bond motifs is 2. The Kier molecular flexibility index (Phi) is 13.4. The summed E-state index contributed by atoms with van der Waals surface area (Å²) in [6.07, 6.45) is 8.68. The van der Waals surface area contributed by atoms with Crippen LogP contribution in [-0.4, -0.2) is 101 Å². The number of aromatic nitrogens is 2. The number of carbonyl (C=O) groups is 4. The van der Waals surface area contributed by atoms with Gasteiger partial charge in [-0.2, -0.15) is 0 Å². The van der Waals surface area contributed by atoms with Crippen LogP contribution in [0.1, 0.15) is 99.4 Å². The van der Waals surface area contributed by atoms with Crippen LogP contribution in [0.5, 0.6) is 5.75 Å². The molecular formula is C37H53FN6O7. The van der Waals surface area contributed by atoms with Gasteiger partial charge in [-0.05, 0) is 49.8 Å². The number of unbranched alkanes of at least 4 members (excludes halogenated alkanes) is 5. The Balaban J connectivity index is 1.57. The van der Waals surface area contributed by atoms with Gasteiger partial charge in [0.1, 0.15) is 17.2 Å². The van der Waals surface area contributed by atoms with E-state index in [4.69, 9.17) is 4.74 Å². The van der Waals surface area contributed by atoms with E-state index in [1.807, 2.05) is 0 Å². The first kappa shape index (κ1) is 39.5. The van der Waals surface area contributed by atoms with Crippen molar-refractivity contribution in [2.24, 2.45) is 5.41 Å². The normalized spacial score (nSPS) is 19.2. The lowest BCUT2D eigenvalue weighted by atomic mass is 9.67. The highest BCUT2D eigenvalue weighted by Crippen LogP contribution is 2.52. The van der Waals surface area contributed by atoms with Crippen molar-refractivity contribution in [3.8, 4) is 5.75 Å². The minimum Gasteiger partial charge on any atom is -0.501 e. The zero-order valence-corrected chi connectivity index (χ0v) is 30.6. The molecule has 1 aliphatic carbocycles. The summed E-state index contributed by atoms with van der Waals surface area (Å²) < 4.78 is 20.4. The van der Waals surface area contributed by atoms with Crippen LogP contribution in [0.25, 0.3) is 0 Å². The van der Waals surface area contributed by atoms with Gasteiger partial charge in [-0.3, -0.25) is 28.5 Å². The fraction of sp³-hybridized carbons (Fsp3) is 0.622. The number of amides is 4. The van der Waals surface area contributed by atoms with Gasteiger partial charge in [-0.25, -0.2) is 9.37 Å². The summed E-state index contributed by atoms with van der Waals surface area (Å²) in [6.45, 7) is 3.47. The Labute approximate surface area is 299 Å². The Morgan fingerprint density at radius 3 is 2.24 bits per heavy atom. The van der Waals surface area contributed by atoms with E-state index in [0.717, 1.165) is 12.8 Å². The van der Waals surface area contributed by atoms with E-state index in [1.54, 1.807) is 11.9 Å². The van der Waals surface area contributed by atoms with Crippen molar-refractivity contribution in [1.82, 2.24) is 29.6 Å². The number of nitrogens with zero attached hydrogens (tertiary/aromatic N) is 5. The van der Waals surface area contributed by atoms with E-state index < -0.39 is 51.5 Å². The van der Waals surface area contributed by atoms with Crippen LogP contribution >= 0.6 is 0 Å². The standard InChI is InChI=1S/C37H53FN6O7/c1-6-7-8-9-10-11-21-51-22-16-28(45)42(4)24-36-17-19-37(20-18-36,43(5)34(50)33(49)41(2)3)35-40-29(30(46)32(48)44(35)25-36)31(47)39-23-26-12-14-27(38)15-13-26/h12-15,46H,6-11,16-25H2,1-5H3,(H,39,47). The number of ether oxygens (including phenoxy) is 1. The highest BCUT2D eigenvalue weighted by molar-refractivity contribution is 6.34. The first-order valence-corrected chi connectivity index (χ1v) is 17.9. The van der Waals surface area contributed by atoms with Crippen molar-refractivity contribution >= 4 is 23.6 Å². The molecule has 0 atom stereocenters. The Hall–Kier alpha value is -4.33. The Bertz CT molecular complexity index is 1620. The molecule has 1 aromatic carbocycles. The van der Waals surface area contributed by atoms with Crippen LogP contribution in [0, 0.1) is 11.2 Å². The zero-order chi connectivity index (χ0) is 37.3. The van der Waals surface area contributed by atoms with Crippen LogP contribution in [0.2, 0.25) is 0 Å².